The van der Waals surface area contributed by atoms with E-state index in [9.17, 15) is 23.1 Å². The van der Waals surface area contributed by atoms with Crippen LogP contribution in [-0.4, -0.2) is 40.8 Å². The summed E-state index contributed by atoms with van der Waals surface area (Å²) in [6.45, 7) is 6.38. The number of aliphatic hydroxyl groups is 1. The molecule has 1 saturated heterocycles. The minimum absolute atomic E-state index is 0.0137. The van der Waals surface area contributed by atoms with Crippen LogP contribution >= 0.6 is 0 Å². The fourth-order valence-corrected chi connectivity index (χ4v) is 4.17. The molecule has 1 amide bonds. The molecule has 2 aliphatic rings. The van der Waals surface area contributed by atoms with E-state index < -0.39 is 24.6 Å². The summed E-state index contributed by atoms with van der Waals surface area (Å²) < 4.78 is 38.4. The van der Waals surface area contributed by atoms with Crippen molar-refractivity contribution in [3.05, 3.63) is 0 Å². The molecule has 0 aromatic heterocycles. The van der Waals surface area contributed by atoms with Crippen LogP contribution in [0.5, 0.6) is 0 Å². The summed E-state index contributed by atoms with van der Waals surface area (Å²) in [5.74, 6) is 0.314. The van der Waals surface area contributed by atoms with Gasteiger partial charge in [0.2, 0.25) is 5.91 Å². The lowest BCUT2D eigenvalue weighted by atomic mass is 9.67. The fourth-order valence-electron chi connectivity index (χ4n) is 4.17. The van der Waals surface area contributed by atoms with Crippen LogP contribution in [0.2, 0.25) is 0 Å². The SMILES string of the molecule is CC1CC(C(=O)N2CCC(O)(C(F)(F)F)CC2)CC(C)(C)C1. The Bertz CT molecular complexity index is 426. The second kappa shape index (κ2) is 5.69. The van der Waals surface area contributed by atoms with Crippen molar-refractivity contribution in [2.75, 3.05) is 13.1 Å². The van der Waals surface area contributed by atoms with Crippen LogP contribution in [0.1, 0.15) is 52.9 Å². The second-order valence-corrected chi connectivity index (χ2v) is 7.96. The number of carbonyl (C=O) groups excluding carboxylic acids is 1. The maximum absolute atomic E-state index is 12.8. The number of alkyl halides is 3. The third-order valence-electron chi connectivity index (χ3n) is 5.17. The highest BCUT2D eigenvalue weighted by Gasteiger charge is 2.55. The highest BCUT2D eigenvalue weighted by atomic mass is 19.4. The monoisotopic (exact) mass is 321 g/mol. The number of likely N-dealkylation sites (tertiary alicyclic amines) is 1. The topological polar surface area (TPSA) is 40.5 Å². The molecule has 1 heterocycles. The zero-order valence-electron chi connectivity index (χ0n) is 13.5. The Hall–Kier alpha value is -0.780. The van der Waals surface area contributed by atoms with Crippen LogP contribution in [0, 0.1) is 17.3 Å². The van der Waals surface area contributed by atoms with Crippen LogP contribution in [0.3, 0.4) is 0 Å². The number of hydrogen-bond acceptors (Lipinski definition) is 2. The van der Waals surface area contributed by atoms with Gasteiger partial charge in [0.25, 0.3) is 0 Å². The molecule has 0 aromatic carbocycles. The van der Waals surface area contributed by atoms with Crippen molar-refractivity contribution in [1.82, 2.24) is 4.90 Å². The average Bonchev–Trinajstić information content (AvgIpc) is 2.35. The van der Waals surface area contributed by atoms with Crippen molar-refractivity contribution < 1.29 is 23.1 Å². The van der Waals surface area contributed by atoms with E-state index in [1.165, 1.54) is 4.90 Å². The Morgan fingerprint density at radius 1 is 1.18 bits per heavy atom. The smallest absolute Gasteiger partial charge is 0.380 e. The summed E-state index contributed by atoms with van der Waals surface area (Å²) >= 11 is 0. The predicted molar refractivity (Wildman–Crippen MR) is 77.1 cm³/mol. The first-order valence-corrected chi connectivity index (χ1v) is 8.01. The van der Waals surface area contributed by atoms with Gasteiger partial charge in [-0.2, -0.15) is 13.2 Å². The van der Waals surface area contributed by atoms with Gasteiger partial charge in [0.15, 0.2) is 5.60 Å². The zero-order valence-corrected chi connectivity index (χ0v) is 13.5. The van der Waals surface area contributed by atoms with Gasteiger partial charge < -0.3 is 10.0 Å². The quantitative estimate of drug-likeness (QED) is 0.804. The normalized spacial score (nSPS) is 31.9. The Morgan fingerprint density at radius 3 is 2.18 bits per heavy atom. The van der Waals surface area contributed by atoms with E-state index in [0.717, 1.165) is 19.3 Å². The van der Waals surface area contributed by atoms with E-state index >= 15 is 0 Å². The minimum atomic E-state index is -4.62. The summed E-state index contributed by atoms with van der Waals surface area (Å²) in [5, 5.41) is 9.68. The third-order valence-corrected chi connectivity index (χ3v) is 5.17. The standard InChI is InChI=1S/C16H26F3NO2/c1-11-8-12(10-14(2,3)9-11)13(21)20-6-4-15(22,5-7-20)16(17,18)19/h11-12,22H,4-10H2,1-3H3. The largest absolute Gasteiger partial charge is 0.417 e. The molecule has 2 atom stereocenters. The fraction of sp³-hybridized carbons (Fsp3) is 0.938. The first-order valence-electron chi connectivity index (χ1n) is 8.01. The summed E-state index contributed by atoms with van der Waals surface area (Å²) in [6, 6.07) is 0. The molecule has 22 heavy (non-hydrogen) atoms. The number of nitrogens with zero attached hydrogens (tertiary/aromatic N) is 1. The second-order valence-electron chi connectivity index (χ2n) is 7.96. The Kier molecular flexibility index (Phi) is 4.55. The number of halogens is 3. The van der Waals surface area contributed by atoms with Gasteiger partial charge in [-0.05, 0) is 30.6 Å². The van der Waals surface area contributed by atoms with Crippen LogP contribution in [-0.2, 0) is 4.79 Å². The third kappa shape index (κ3) is 3.58. The number of rotatable bonds is 1. The molecule has 6 heteroatoms. The number of amides is 1. The van der Waals surface area contributed by atoms with Crippen molar-refractivity contribution in [3.8, 4) is 0 Å². The summed E-state index contributed by atoms with van der Waals surface area (Å²) in [4.78, 5) is 14.1. The molecule has 1 N–H and O–H groups in total. The molecule has 3 nitrogen and oxygen atoms in total. The van der Waals surface area contributed by atoms with E-state index in [0.29, 0.717) is 5.92 Å². The molecular weight excluding hydrogens is 295 g/mol. The lowest BCUT2D eigenvalue weighted by Gasteiger charge is -2.43. The van der Waals surface area contributed by atoms with Crippen molar-refractivity contribution in [3.63, 3.8) is 0 Å². The van der Waals surface area contributed by atoms with Gasteiger partial charge in [0.1, 0.15) is 0 Å². The van der Waals surface area contributed by atoms with E-state index in [1.54, 1.807) is 0 Å². The van der Waals surface area contributed by atoms with Crippen LogP contribution in [0.4, 0.5) is 13.2 Å². The number of carbonyl (C=O) groups is 1. The van der Waals surface area contributed by atoms with Crippen LogP contribution < -0.4 is 0 Å². The minimum Gasteiger partial charge on any atom is -0.380 e. The van der Waals surface area contributed by atoms with E-state index in [4.69, 9.17) is 0 Å². The molecule has 0 spiro atoms. The lowest BCUT2D eigenvalue weighted by Crippen LogP contribution is -2.55. The summed E-state index contributed by atoms with van der Waals surface area (Å²) in [7, 11) is 0. The molecule has 0 aromatic rings. The highest BCUT2D eigenvalue weighted by molar-refractivity contribution is 5.79. The average molecular weight is 321 g/mol. The first kappa shape index (κ1) is 17.6. The molecule has 2 unspecified atom stereocenters. The van der Waals surface area contributed by atoms with Gasteiger partial charge in [-0.1, -0.05) is 20.8 Å². The van der Waals surface area contributed by atoms with Gasteiger partial charge in [-0.15, -0.1) is 0 Å². The van der Waals surface area contributed by atoms with Crippen molar-refractivity contribution in [1.29, 1.82) is 0 Å². The molecule has 0 radical (unpaired) electrons. The molecule has 2 fully saturated rings. The summed E-state index contributed by atoms with van der Waals surface area (Å²) in [6.07, 6.45) is -2.80. The van der Waals surface area contributed by atoms with Crippen LogP contribution in [0.25, 0.3) is 0 Å². The molecule has 1 aliphatic heterocycles. The molecule has 128 valence electrons. The maximum Gasteiger partial charge on any atom is 0.417 e. The lowest BCUT2D eigenvalue weighted by molar-refractivity contribution is -0.272. The van der Waals surface area contributed by atoms with E-state index in [-0.39, 0.29) is 30.3 Å². The summed E-state index contributed by atoms with van der Waals surface area (Å²) in [5.41, 5.74) is -2.54. The first-order chi connectivity index (χ1) is 9.94. The highest BCUT2D eigenvalue weighted by Crippen LogP contribution is 2.43. The number of piperidine rings is 1. The number of hydrogen-bond donors (Lipinski definition) is 1. The Labute approximate surface area is 129 Å². The van der Waals surface area contributed by atoms with E-state index in [1.807, 2.05) is 0 Å². The predicted octanol–water partition coefficient (Wildman–Crippen LogP) is 3.36. The van der Waals surface area contributed by atoms with Gasteiger partial charge in [-0.3, -0.25) is 4.79 Å². The van der Waals surface area contributed by atoms with Gasteiger partial charge in [0, 0.05) is 31.8 Å². The molecule has 1 aliphatic carbocycles. The van der Waals surface area contributed by atoms with E-state index in [2.05, 4.69) is 20.8 Å². The Morgan fingerprint density at radius 2 is 1.73 bits per heavy atom. The van der Waals surface area contributed by atoms with Gasteiger partial charge in [0.05, 0.1) is 0 Å². The maximum atomic E-state index is 12.8. The van der Waals surface area contributed by atoms with Gasteiger partial charge >= 0.3 is 6.18 Å². The molecule has 2 rings (SSSR count). The zero-order chi connectivity index (χ0) is 16.8. The van der Waals surface area contributed by atoms with Crippen LogP contribution in [0.15, 0.2) is 0 Å². The van der Waals surface area contributed by atoms with Crippen molar-refractivity contribution in [2.45, 2.75) is 64.7 Å². The van der Waals surface area contributed by atoms with Crippen molar-refractivity contribution in [2.24, 2.45) is 17.3 Å². The van der Waals surface area contributed by atoms with Gasteiger partial charge in [-0.25, -0.2) is 0 Å². The molecule has 1 saturated carbocycles. The Balaban J connectivity index is 1.98. The van der Waals surface area contributed by atoms with Crippen molar-refractivity contribution >= 4 is 5.91 Å². The molecular formula is C16H26F3NO2. The molecule has 0 bridgehead atoms.